The molecular weight excluding hydrogens is 459 g/mol. The van der Waals surface area contributed by atoms with Crippen LogP contribution < -0.4 is 0 Å². The summed E-state index contributed by atoms with van der Waals surface area (Å²) >= 11 is 0. The Morgan fingerprint density at radius 3 is 2.39 bits per heavy atom. The Kier molecular flexibility index (Phi) is 7.85. The number of rotatable bonds is 9. The van der Waals surface area contributed by atoms with Crippen molar-refractivity contribution in [2.75, 3.05) is 32.8 Å². The number of halogens is 1. The first-order chi connectivity index (χ1) is 17.6. The van der Waals surface area contributed by atoms with E-state index in [1.807, 2.05) is 46.2 Å². The molecule has 1 saturated carbocycles. The maximum absolute atomic E-state index is 14.5. The Balaban J connectivity index is 0.983. The Hall–Kier alpha value is -2.93. The molecule has 2 heterocycles. The number of carbonyl (C=O) groups is 2. The van der Waals surface area contributed by atoms with E-state index in [0.717, 1.165) is 57.4 Å². The molecule has 36 heavy (non-hydrogen) atoms. The number of piperidine rings is 1. The van der Waals surface area contributed by atoms with Gasteiger partial charge in [0, 0.05) is 31.7 Å². The molecule has 3 fully saturated rings. The number of nitrogens with zero attached hydrogens (tertiary/aromatic N) is 2. The van der Waals surface area contributed by atoms with E-state index in [-0.39, 0.29) is 30.8 Å². The van der Waals surface area contributed by atoms with Gasteiger partial charge < -0.3 is 19.3 Å². The average molecular weight is 495 g/mol. The number of benzene rings is 2. The van der Waals surface area contributed by atoms with Gasteiger partial charge in [-0.1, -0.05) is 42.5 Å². The third kappa shape index (κ3) is 6.25. The zero-order chi connectivity index (χ0) is 24.9. The van der Waals surface area contributed by atoms with Crippen molar-refractivity contribution >= 4 is 12.0 Å². The van der Waals surface area contributed by atoms with Gasteiger partial charge in [-0.2, -0.15) is 0 Å². The van der Waals surface area contributed by atoms with Gasteiger partial charge in [0.1, 0.15) is 12.4 Å². The van der Waals surface area contributed by atoms with Crippen molar-refractivity contribution in [3.05, 3.63) is 71.0 Å². The van der Waals surface area contributed by atoms with Crippen molar-refractivity contribution in [1.82, 2.24) is 9.80 Å². The molecule has 7 heteroatoms. The Morgan fingerprint density at radius 2 is 1.69 bits per heavy atom. The number of ether oxygens (including phenoxy) is 2. The molecule has 0 radical (unpaired) electrons. The predicted molar refractivity (Wildman–Crippen MR) is 133 cm³/mol. The van der Waals surface area contributed by atoms with Gasteiger partial charge in [-0.15, -0.1) is 0 Å². The van der Waals surface area contributed by atoms with Gasteiger partial charge in [0.25, 0.3) is 0 Å². The predicted octanol–water partition coefficient (Wildman–Crippen LogP) is 4.80. The molecule has 1 aliphatic carbocycles. The number of amides is 2. The molecule has 0 aromatic heterocycles. The van der Waals surface area contributed by atoms with Crippen LogP contribution in [-0.4, -0.2) is 54.6 Å². The zero-order valence-corrected chi connectivity index (χ0v) is 20.7. The first-order valence-electron chi connectivity index (χ1n) is 13.2. The second-order valence-electron chi connectivity index (χ2n) is 10.4. The van der Waals surface area contributed by atoms with Gasteiger partial charge in [0.2, 0.25) is 5.91 Å². The Labute approximate surface area is 212 Å². The normalized spacial score (nSPS) is 21.7. The van der Waals surface area contributed by atoms with Crippen molar-refractivity contribution in [3.8, 4) is 0 Å². The Bertz CT molecular complexity index is 1050. The van der Waals surface area contributed by atoms with Crippen LogP contribution in [0, 0.1) is 23.6 Å². The summed E-state index contributed by atoms with van der Waals surface area (Å²) in [6, 6.07) is 14.8. The van der Waals surface area contributed by atoms with Crippen LogP contribution in [0.25, 0.3) is 0 Å². The topological polar surface area (TPSA) is 59.1 Å². The number of carbonyl (C=O) groups excluding carboxylic acids is 2. The minimum absolute atomic E-state index is 0.0688. The van der Waals surface area contributed by atoms with Crippen LogP contribution in [0.5, 0.6) is 0 Å². The van der Waals surface area contributed by atoms with E-state index in [2.05, 4.69) is 0 Å². The molecule has 2 aromatic carbocycles. The number of hydrogen-bond acceptors (Lipinski definition) is 4. The van der Waals surface area contributed by atoms with Crippen LogP contribution in [0.4, 0.5) is 9.18 Å². The quantitative estimate of drug-likeness (QED) is 0.502. The van der Waals surface area contributed by atoms with E-state index >= 15 is 0 Å². The van der Waals surface area contributed by atoms with Crippen LogP contribution in [0.2, 0.25) is 0 Å². The molecule has 0 bridgehead atoms. The highest BCUT2D eigenvalue weighted by Crippen LogP contribution is 2.48. The van der Waals surface area contributed by atoms with Crippen LogP contribution in [0.3, 0.4) is 0 Å². The highest BCUT2D eigenvalue weighted by molar-refractivity contribution is 5.79. The van der Waals surface area contributed by atoms with Crippen molar-refractivity contribution in [1.29, 1.82) is 0 Å². The van der Waals surface area contributed by atoms with Crippen LogP contribution in [-0.2, 0) is 33.9 Å². The largest absolute Gasteiger partial charge is 0.445 e. The second-order valence-corrected chi connectivity index (χ2v) is 10.4. The molecule has 0 unspecified atom stereocenters. The third-order valence-corrected chi connectivity index (χ3v) is 7.86. The summed E-state index contributed by atoms with van der Waals surface area (Å²) in [7, 11) is 0. The van der Waals surface area contributed by atoms with Crippen LogP contribution in [0.15, 0.2) is 48.5 Å². The van der Waals surface area contributed by atoms with Crippen molar-refractivity contribution in [2.24, 2.45) is 17.8 Å². The molecule has 0 spiro atoms. The van der Waals surface area contributed by atoms with E-state index in [1.165, 1.54) is 6.07 Å². The van der Waals surface area contributed by atoms with Gasteiger partial charge in [-0.25, -0.2) is 9.18 Å². The lowest BCUT2D eigenvalue weighted by atomic mass is 9.91. The molecule has 2 amide bonds. The molecule has 2 atom stereocenters. The molecule has 6 nitrogen and oxygen atoms in total. The van der Waals surface area contributed by atoms with Crippen LogP contribution >= 0.6 is 0 Å². The van der Waals surface area contributed by atoms with Gasteiger partial charge >= 0.3 is 6.09 Å². The standard InChI is InChI=1S/C29H35FN2O4/c30-27-15-22(16-28(33)31-11-4-12-31)7-8-24(27)19-35-20-25-17-26(25)23-9-13-32(14-10-23)29(34)36-18-21-5-2-1-3-6-21/h1-3,5-8,15,23,25-26H,4,9-14,16-20H2/t25-,26-/m1/s1. The lowest BCUT2D eigenvalue weighted by molar-refractivity contribution is -0.133. The minimum Gasteiger partial charge on any atom is -0.445 e. The van der Waals surface area contributed by atoms with E-state index in [0.29, 0.717) is 42.1 Å². The van der Waals surface area contributed by atoms with Gasteiger partial charge in [0.05, 0.1) is 19.6 Å². The van der Waals surface area contributed by atoms with E-state index in [4.69, 9.17) is 9.47 Å². The lowest BCUT2D eigenvalue weighted by Crippen LogP contribution is -2.42. The SMILES string of the molecule is O=C(Cc1ccc(COC[C@H]2C[C@@H]2C2CCN(C(=O)OCc3ccccc3)CC2)c(F)c1)N1CCC1. The average Bonchev–Trinajstić information content (AvgIpc) is 3.63. The van der Waals surface area contributed by atoms with Gasteiger partial charge in [0.15, 0.2) is 0 Å². The molecular formula is C29H35FN2O4. The fraction of sp³-hybridized carbons (Fsp3) is 0.517. The van der Waals surface area contributed by atoms with E-state index < -0.39 is 0 Å². The summed E-state index contributed by atoms with van der Waals surface area (Å²) in [5, 5.41) is 0. The number of hydrogen-bond donors (Lipinski definition) is 0. The first kappa shape index (κ1) is 24.8. The molecule has 192 valence electrons. The fourth-order valence-corrected chi connectivity index (χ4v) is 5.35. The molecule has 3 aliphatic rings. The third-order valence-electron chi connectivity index (χ3n) is 7.86. The maximum atomic E-state index is 14.5. The van der Waals surface area contributed by atoms with Gasteiger partial charge in [-0.3, -0.25) is 4.79 Å². The summed E-state index contributed by atoms with van der Waals surface area (Å²) in [5.74, 6) is 1.52. The monoisotopic (exact) mass is 494 g/mol. The fourth-order valence-electron chi connectivity index (χ4n) is 5.35. The smallest absolute Gasteiger partial charge is 0.410 e. The summed E-state index contributed by atoms with van der Waals surface area (Å²) in [5.41, 5.74) is 2.25. The van der Waals surface area contributed by atoms with Crippen molar-refractivity contribution in [3.63, 3.8) is 0 Å². The maximum Gasteiger partial charge on any atom is 0.410 e. The van der Waals surface area contributed by atoms with Crippen molar-refractivity contribution in [2.45, 2.75) is 45.3 Å². The van der Waals surface area contributed by atoms with Gasteiger partial charge in [-0.05, 0) is 60.6 Å². The lowest BCUT2D eigenvalue weighted by Gasteiger charge is -2.31. The molecule has 2 aromatic rings. The molecule has 2 saturated heterocycles. The molecule has 5 rings (SSSR count). The number of likely N-dealkylation sites (tertiary alicyclic amines) is 2. The summed E-state index contributed by atoms with van der Waals surface area (Å²) in [4.78, 5) is 28.1. The molecule has 0 N–H and O–H groups in total. The zero-order valence-electron chi connectivity index (χ0n) is 20.7. The first-order valence-corrected chi connectivity index (χ1v) is 13.2. The highest BCUT2D eigenvalue weighted by Gasteiger charge is 2.44. The van der Waals surface area contributed by atoms with E-state index in [1.54, 1.807) is 6.07 Å². The van der Waals surface area contributed by atoms with E-state index in [9.17, 15) is 14.0 Å². The summed E-state index contributed by atoms with van der Waals surface area (Å²) in [6.45, 7) is 4.30. The summed E-state index contributed by atoms with van der Waals surface area (Å²) < 4.78 is 25.8. The summed E-state index contributed by atoms with van der Waals surface area (Å²) in [6.07, 6.45) is 4.21. The molecule has 2 aliphatic heterocycles. The second kappa shape index (κ2) is 11.4. The van der Waals surface area contributed by atoms with Crippen LogP contribution in [0.1, 0.15) is 42.4 Å². The minimum atomic E-state index is -0.303. The van der Waals surface area contributed by atoms with Crippen molar-refractivity contribution < 1.29 is 23.5 Å². The Morgan fingerprint density at radius 1 is 0.917 bits per heavy atom. The highest BCUT2D eigenvalue weighted by atomic mass is 19.1.